The summed E-state index contributed by atoms with van der Waals surface area (Å²) in [6.07, 6.45) is 1.58. The van der Waals surface area contributed by atoms with Crippen molar-refractivity contribution in [3.8, 4) is 0 Å². The first-order valence-electron chi connectivity index (χ1n) is 5.87. The van der Waals surface area contributed by atoms with Crippen LogP contribution in [0.3, 0.4) is 0 Å². The standard InChI is InChI=1S/C12H19BrN2O2S/c1-4-9(5-2)15(3)18(16,17)10-6-7-11(13)12(14)8-10/h6-9H,4-5,14H2,1-3H3. The molecule has 0 heterocycles. The third-order valence-corrected chi connectivity index (χ3v) is 5.73. The lowest BCUT2D eigenvalue weighted by Gasteiger charge is -2.25. The van der Waals surface area contributed by atoms with Crippen LogP contribution in [0.15, 0.2) is 27.6 Å². The van der Waals surface area contributed by atoms with E-state index < -0.39 is 10.0 Å². The number of nitrogen functional groups attached to an aromatic ring is 1. The van der Waals surface area contributed by atoms with Crippen molar-refractivity contribution < 1.29 is 8.42 Å². The van der Waals surface area contributed by atoms with E-state index in [9.17, 15) is 8.42 Å². The third-order valence-electron chi connectivity index (χ3n) is 3.10. The molecule has 0 saturated heterocycles. The predicted molar refractivity (Wildman–Crippen MR) is 77.9 cm³/mol. The highest BCUT2D eigenvalue weighted by Gasteiger charge is 2.26. The summed E-state index contributed by atoms with van der Waals surface area (Å²) in [4.78, 5) is 0.234. The highest BCUT2D eigenvalue weighted by Crippen LogP contribution is 2.26. The summed E-state index contributed by atoms with van der Waals surface area (Å²) in [6, 6.07) is 4.72. The number of anilines is 1. The third kappa shape index (κ3) is 3.05. The monoisotopic (exact) mass is 334 g/mol. The van der Waals surface area contributed by atoms with Gasteiger partial charge in [-0.1, -0.05) is 13.8 Å². The van der Waals surface area contributed by atoms with E-state index >= 15 is 0 Å². The Morgan fingerprint density at radius 1 is 1.33 bits per heavy atom. The first-order valence-corrected chi connectivity index (χ1v) is 8.10. The Hall–Kier alpha value is -0.590. The predicted octanol–water partition coefficient (Wildman–Crippen LogP) is 2.84. The molecule has 0 aliphatic rings. The van der Waals surface area contributed by atoms with Crippen molar-refractivity contribution in [1.82, 2.24) is 4.31 Å². The molecule has 1 aromatic carbocycles. The van der Waals surface area contributed by atoms with Crippen LogP contribution in [-0.2, 0) is 10.0 Å². The van der Waals surface area contributed by atoms with Crippen LogP contribution in [0.2, 0.25) is 0 Å². The average molecular weight is 335 g/mol. The number of rotatable bonds is 5. The summed E-state index contributed by atoms with van der Waals surface area (Å²) in [5.74, 6) is 0. The van der Waals surface area contributed by atoms with Crippen LogP contribution in [0.5, 0.6) is 0 Å². The normalized spacial score (nSPS) is 12.3. The molecular weight excluding hydrogens is 316 g/mol. The van der Waals surface area contributed by atoms with Gasteiger partial charge in [0.2, 0.25) is 10.0 Å². The molecule has 2 N–H and O–H groups in total. The van der Waals surface area contributed by atoms with Crippen molar-refractivity contribution in [1.29, 1.82) is 0 Å². The highest BCUT2D eigenvalue weighted by molar-refractivity contribution is 9.10. The zero-order valence-electron chi connectivity index (χ0n) is 10.9. The molecule has 0 radical (unpaired) electrons. The Labute approximate surface area is 117 Å². The Morgan fingerprint density at radius 3 is 2.33 bits per heavy atom. The summed E-state index contributed by atoms with van der Waals surface area (Å²) in [6.45, 7) is 3.96. The zero-order valence-corrected chi connectivity index (χ0v) is 13.3. The first-order chi connectivity index (χ1) is 8.34. The van der Waals surface area contributed by atoms with Gasteiger partial charge in [-0.05, 0) is 47.0 Å². The molecule has 1 aromatic rings. The summed E-state index contributed by atoms with van der Waals surface area (Å²) < 4.78 is 26.9. The Balaban J connectivity index is 3.16. The fourth-order valence-electron chi connectivity index (χ4n) is 1.85. The lowest BCUT2D eigenvalue weighted by Crippen LogP contribution is -2.36. The molecule has 0 bridgehead atoms. The smallest absolute Gasteiger partial charge is 0.243 e. The number of hydrogen-bond donors (Lipinski definition) is 1. The van der Waals surface area contributed by atoms with Crippen molar-refractivity contribution in [2.75, 3.05) is 12.8 Å². The second-order valence-electron chi connectivity index (χ2n) is 4.17. The molecule has 0 aromatic heterocycles. The van der Waals surface area contributed by atoms with Gasteiger partial charge >= 0.3 is 0 Å². The Kier molecular flexibility index (Phi) is 5.19. The highest BCUT2D eigenvalue weighted by atomic mass is 79.9. The van der Waals surface area contributed by atoms with Crippen LogP contribution in [0.1, 0.15) is 26.7 Å². The lowest BCUT2D eigenvalue weighted by atomic mass is 10.2. The maximum atomic E-state index is 12.4. The molecule has 0 fully saturated rings. The zero-order chi connectivity index (χ0) is 13.9. The molecular formula is C12H19BrN2O2S. The van der Waals surface area contributed by atoms with Gasteiger partial charge in [-0.15, -0.1) is 0 Å². The van der Waals surface area contributed by atoms with E-state index in [1.165, 1.54) is 10.4 Å². The topological polar surface area (TPSA) is 63.4 Å². The van der Waals surface area contributed by atoms with Gasteiger partial charge in [0.15, 0.2) is 0 Å². The van der Waals surface area contributed by atoms with Crippen LogP contribution in [0, 0.1) is 0 Å². The maximum Gasteiger partial charge on any atom is 0.243 e. The van der Waals surface area contributed by atoms with Crippen molar-refractivity contribution in [3.05, 3.63) is 22.7 Å². The Bertz CT molecular complexity index is 513. The van der Waals surface area contributed by atoms with Gasteiger partial charge in [0.05, 0.1) is 4.90 Å². The molecule has 0 spiro atoms. The summed E-state index contributed by atoms with van der Waals surface area (Å²) in [5, 5.41) is 0. The van der Waals surface area contributed by atoms with Crippen molar-refractivity contribution in [2.24, 2.45) is 0 Å². The summed E-state index contributed by atoms with van der Waals surface area (Å²) >= 11 is 3.26. The van der Waals surface area contributed by atoms with Crippen molar-refractivity contribution in [3.63, 3.8) is 0 Å². The minimum atomic E-state index is -3.47. The Morgan fingerprint density at radius 2 is 1.89 bits per heavy atom. The largest absolute Gasteiger partial charge is 0.398 e. The summed E-state index contributed by atoms with van der Waals surface area (Å²) in [7, 11) is -1.85. The molecule has 0 saturated carbocycles. The molecule has 0 atom stereocenters. The second kappa shape index (κ2) is 6.04. The van der Waals surface area contributed by atoms with Gasteiger partial charge in [0.25, 0.3) is 0 Å². The van der Waals surface area contributed by atoms with Gasteiger partial charge in [0, 0.05) is 23.2 Å². The average Bonchev–Trinajstić information content (AvgIpc) is 2.33. The SMILES string of the molecule is CCC(CC)N(C)S(=O)(=O)c1ccc(Br)c(N)c1. The van der Waals surface area contributed by atoms with Crippen LogP contribution in [-0.4, -0.2) is 25.8 Å². The van der Waals surface area contributed by atoms with E-state index in [4.69, 9.17) is 5.73 Å². The lowest BCUT2D eigenvalue weighted by molar-refractivity contribution is 0.349. The molecule has 0 unspecified atom stereocenters. The summed E-state index contributed by atoms with van der Waals surface area (Å²) in [5.41, 5.74) is 6.15. The quantitative estimate of drug-likeness (QED) is 0.842. The number of sulfonamides is 1. The van der Waals surface area contributed by atoms with Crippen LogP contribution >= 0.6 is 15.9 Å². The van der Waals surface area contributed by atoms with Gasteiger partial charge in [-0.3, -0.25) is 0 Å². The molecule has 102 valence electrons. The molecule has 18 heavy (non-hydrogen) atoms. The first kappa shape index (κ1) is 15.5. The van der Waals surface area contributed by atoms with E-state index in [1.54, 1.807) is 19.2 Å². The maximum absolute atomic E-state index is 12.4. The van der Waals surface area contributed by atoms with Crippen LogP contribution < -0.4 is 5.73 Å². The molecule has 1 rings (SSSR count). The van der Waals surface area contributed by atoms with E-state index in [0.29, 0.717) is 10.2 Å². The van der Waals surface area contributed by atoms with E-state index in [1.807, 2.05) is 13.8 Å². The number of halogens is 1. The molecule has 4 nitrogen and oxygen atoms in total. The number of benzene rings is 1. The second-order valence-corrected chi connectivity index (χ2v) is 7.03. The van der Waals surface area contributed by atoms with Crippen molar-refractivity contribution in [2.45, 2.75) is 37.6 Å². The van der Waals surface area contributed by atoms with Gasteiger partial charge < -0.3 is 5.73 Å². The molecule has 0 amide bonds. The van der Waals surface area contributed by atoms with Crippen LogP contribution in [0.25, 0.3) is 0 Å². The van der Waals surface area contributed by atoms with Crippen LogP contribution in [0.4, 0.5) is 5.69 Å². The fraction of sp³-hybridized carbons (Fsp3) is 0.500. The van der Waals surface area contributed by atoms with Crippen molar-refractivity contribution >= 4 is 31.6 Å². The number of nitrogens with two attached hydrogens (primary N) is 1. The number of nitrogens with zero attached hydrogens (tertiary/aromatic N) is 1. The molecule has 6 heteroatoms. The van der Waals surface area contributed by atoms with E-state index in [2.05, 4.69) is 15.9 Å². The minimum Gasteiger partial charge on any atom is -0.398 e. The van der Waals surface area contributed by atoms with Gasteiger partial charge in [0.1, 0.15) is 0 Å². The van der Waals surface area contributed by atoms with E-state index in [0.717, 1.165) is 12.8 Å². The number of hydrogen-bond acceptors (Lipinski definition) is 3. The van der Waals surface area contributed by atoms with Gasteiger partial charge in [-0.25, -0.2) is 8.42 Å². The minimum absolute atomic E-state index is 0.0138. The molecule has 0 aliphatic heterocycles. The fourth-order valence-corrected chi connectivity index (χ4v) is 3.63. The molecule has 0 aliphatic carbocycles. The van der Waals surface area contributed by atoms with E-state index in [-0.39, 0.29) is 10.9 Å². The van der Waals surface area contributed by atoms with Gasteiger partial charge in [-0.2, -0.15) is 4.31 Å².